The van der Waals surface area contributed by atoms with E-state index in [1.165, 1.54) is 25.0 Å². The fourth-order valence-electron chi connectivity index (χ4n) is 3.46. The maximum absolute atomic E-state index is 13.2. The van der Waals surface area contributed by atoms with Crippen LogP contribution in [-0.4, -0.2) is 41.4 Å². The van der Waals surface area contributed by atoms with Gasteiger partial charge in [-0.25, -0.2) is 4.39 Å². The third kappa shape index (κ3) is 4.09. The minimum absolute atomic E-state index is 0.281. The van der Waals surface area contributed by atoms with E-state index in [2.05, 4.69) is 10.1 Å². The number of halogens is 1. The van der Waals surface area contributed by atoms with Gasteiger partial charge in [-0.3, -0.25) is 0 Å². The maximum atomic E-state index is 13.2. The third-order valence-corrected chi connectivity index (χ3v) is 4.82. The van der Waals surface area contributed by atoms with Gasteiger partial charge in [0.05, 0.1) is 5.69 Å². The second kappa shape index (κ2) is 7.88. The number of aromatic nitrogens is 1. The Hall–Kier alpha value is -1.46. The van der Waals surface area contributed by atoms with Gasteiger partial charge in [-0.05, 0) is 57.5 Å². The van der Waals surface area contributed by atoms with E-state index in [4.69, 9.17) is 9.63 Å². The fraction of sp³-hybridized carbons (Fsp3) is 0.611. The predicted molar refractivity (Wildman–Crippen MR) is 87.9 cm³/mol. The number of rotatable bonds is 7. The Morgan fingerprint density at radius 3 is 2.74 bits per heavy atom. The summed E-state index contributed by atoms with van der Waals surface area (Å²) in [5.41, 5.74) is 1.54. The van der Waals surface area contributed by atoms with Crippen molar-refractivity contribution in [1.82, 2.24) is 10.1 Å². The van der Waals surface area contributed by atoms with Gasteiger partial charge in [0.1, 0.15) is 5.82 Å². The molecule has 1 N–H and O–H groups in total. The molecular formula is C18H25FN2O2. The topological polar surface area (TPSA) is 49.5 Å². The summed E-state index contributed by atoms with van der Waals surface area (Å²) in [6.45, 7) is 3.62. The number of hydrogen-bond acceptors (Lipinski definition) is 4. The first-order valence-corrected chi connectivity index (χ1v) is 8.66. The molecule has 1 aliphatic heterocycles. The van der Waals surface area contributed by atoms with Gasteiger partial charge in [0.2, 0.25) is 0 Å². The molecule has 1 saturated heterocycles. The molecule has 1 fully saturated rings. The molecule has 0 spiro atoms. The molecule has 0 aliphatic carbocycles. The number of aliphatic hydroxyl groups is 1. The number of aliphatic hydroxyl groups excluding tert-OH is 1. The molecule has 0 bridgehead atoms. The molecule has 126 valence electrons. The maximum Gasteiger partial charge on any atom is 0.170 e. The lowest BCUT2D eigenvalue weighted by molar-refractivity contribution is 0.204. The Bertz CT molecular complexity index is 621. The summed E-state index contributed by atoms with van der Waals surface area (Å²) in [6.07, 6.45) is 6.60. The van der Waals surface area contributed by atoms with E-state index in [1.54, 1.807) is 6.07 Å². The summed E-state index contributed by atoms with van der Waals surface area (Å²) in [5.74, 6) is 0.128. The molecule has 2 aromatic rings. The highest BCUT2D eigenvalue weighted by Crippen LogP contribution is 2.32. The number of benzene rings is 1. The lowest BCUT2D eigenvalue weighted by Crippen LogP contribution is -2.33. The molecule has 23 heavy (non-hydrogen) atoms. The molecule has 2 heterocycles. The monoisotopic (exact) mass is 320 g/mol. The van der Waals surface area contributed by atoms with Gasteiger partial charge >= 0.3 is 0 Å². The quantitative estimate of drug-likeness (QED) is 0.790. The second-order valence-electron chi connectivity index (χ2n) is 6.46. The lowest BCUT2D eigenvalue weighted by Gasteiger charge is -2.31. The average Bonchev–Trinajstić information content (AvgIpc) is 2.98. The van der Waals surface area contributed by atoms with Crippen molar-refractivity contribution in [2.75, 3.05) is 26.2 Å². The van der Waals surface area contributed by atoms with E-state index in [0.717, 1.165) is 56.4 Å². The summed E-state index contributed by atoms with van der Waals surface area (Å²) in [7, 11) is 0. The smallest absolute Gasteiger partial charge is 0.170 e. The number of hydrogen-bond donors (Lipinski definition) is 1. The van der Waals surface area contributed by atoms with Gasteiger partial charge in [-0.2, -0.15) is 0 Å². The van der Waals surface area contributed by atoms with E-state index in [-0.39, 0.29) is 5.82 Å². The van der Waals surface area contributed by atoms with E-state index in [1.807, 2.05) is 0 Å². The predicted octanol–water partition coefficient (Wildman–Crippen LogP) is 3.70. The first-order valence-electron chi connectivity index (χ1n) is 8.66. The summed E-state index contributed by atoms with van der Waals surface area (Å²) in [6, 6.07) is 4.67. The van der Waals surface area contributed by atoms with Crippen LogP contribution in [0.2, 0.25) is 0 Å². The molecule has 1 aliphatic rings. The molecule has 1 aromatic carbocycles. The summed E-state index contributed by atoms with van der Waals surface area (Å²) in [5, 5.41) is 13.9. The molecule has 5 heteroatoms. The Kier molecular flexibility index (Phi) is 5.62. The number of fused-ring (bicyclic) bond motifs is 1. The van der Waals surface area contributed by atoms with Gasteiger partial charge in [-0.1, -0.05) is 18.0 Å². The standard InChI is InChI=1S/C18H25FN2O2/c19-15-5-6-16-17(13-15)23-20-18(16)14-7-10-21(11-8-14)9-3-1-2-4-12-22/h5-6,13-14,22H,1-4,7-12H2. The summed E-state index contributed by atoms with van der Waals surface area (Å²) in [4.78, 5) is 2.51. The first kappa shape index (κ1) is 16.4. The lowest BCUT2D eigenvalue weighted by atomic mass is 9.91. The molecule has 0 saturated carbocycles. The van der Waals surface area contributed by atoms with Crippen LogP contribution in [0.25, 0.3) is 11.0 Å². The molecular weight excluding hydrogens is 295 g/mol. The van der Waals surface area contributed by atoms with Crippen LogP contribution in [-0.2, 0) is 0 Å². The summed E-state index contributed by atoms with van der Waals surface area (Å²) >= 11 is 0. The van der Waals surface area contributed by atoms with Crippen LogP contribution in [0.3, 0.4) is 0 Å². The van der Waals surface area contributed by atoms with Gasteiger partial charge in [0.25, 0.3) is 0 Å². The van der Waals surface area contributed by atoms with Crippen molar-refractivity contribution < 1.29 is 14.0 Å². The molecule has 0 unspecified atom stereocenters. The zero-order chi connectivity index (χ0) is 16.1. The average molecular weight is 320 g/mol. The van der Waals surface area contributed by atoms with E-state index >= 15 is 0 Å². The van der Waals surface area contributed by atoms with Crippen LogP contribution >= 0.6 is 0 Å². The SMILES string of the molecule is OCCCCCCN1CCC(c2noc3cc(F)ccc23)CC1. The summed E-state index contributed by atoms with van der Waals surface area (Å²) < 4.78 is 18.5. The van der Waals surface area contributed by atoms with Crippen molar-refractivity contribution in [1.29, 1.82) is 0 Å². The highest BCUT2D eigenvalue weighted by atomic mass is 19.1. The van der Waals surface area contributed by atoms with E-state index in [0.29, 0.717) is 18.1 Å². The highest BCUT2D eigenvalue weighted by molar-refractivity contribution is 5.79. The Balaban J connectivity index is 1.50. The number of unbranched alkanes of at least 4 members (excludes halogenated alkanes) is 3. The van der Waals surface area contributed by atoms with Crippen LogP contribution in [0.5, 0.6) is 0 Å². The Morgan fingerprint density at radius 1 is 1.17 bits per heavy atom. The van der Waals surface area contributed by atoms with Crippen LogP contribution in [0.1, 0.15) is 50.1 Å². The van der Waals surface area contributed by atoms with Crippen LogP contribution in [0.4, 0.5) is 4.39 Å². The number of nitrogens with zero attached hydrogens (tertiary/aromatic N) is 2. The van der Waals surface area contributed by atoms with Crippen molar-refractivity contribution in [2.45, 2.75) is 44.4 Å². The minimum Gasteiger partial charge on any atom is -0.396 e. The molecule has 4 nitrogen and oxygen atoms in total. The molecule has 0 radical (unpaired) electrons. The van der Waals surface area contributed by atoms with Gasteiger partial charge in [-0.15, -0.1) is 0 Å². The van der Waals surface area contributed by atoms with E-state index in [9.17, 15) is 4.39 Å². The Labute approximate surface area is 136 Å². The first-order chi connectivity index (χ1) is 11.3. The zero-order valence-electron chi connectivity index (χ0n) is 13.5. The van der Waals surface area contributed by atoms with Crippen molar-refractivity contribution >= 4 is 11.0 Å². The normalized spacial score (nSPS) is 17.1. The van der Waals surface area contributed by atoms with Gasteiger partial charge < -0.3 is 14.5 Å². The third-order valence-electron chi connectivity index (χ3n) is 4.82. The number of piperidine rings is 1. The van der Waals surface area contributed by atoms with Crippen LogP contribution in [0, 0.1) is 5.82 Å². The van der Waals surface area contributed by atoms with E-state index < -0.39 is 0 Å². The second-order valence-corrected chi connectivity index (χ2v) is 6.46. The molecule has 0 atom stereocenters. The largest absolute Gasteiger partial charge is 0.396 e. The molecule has 1 aromatic heterocycles. The minimum atomic E-state index is -0.281. The molecule has 0 amide bonds. The van der Waals surface area contributed by atoms with Gasteiger partial charge in [0, 0.05) is 24.0 Å². The van der Waals surface area contributed by atoms with Crippen molar-refractivity contribution in [3.05, 3.63) is 29.7 Å². The van der Waals surface area contributed by atoms with Crippen molar-refractivity contribution in [3.63, 3.8) is 0 Å². The van der Waals surface area contributed by atoms with Crippen molar-refractivity contribution in [3.8, 4) is 0 Å². The van der Waals surface area contributed by atoms with Crippen molar-refractivity contribution in [2.24, 2.45) is 0 Å². The number of likely N-dealkylation sites (tertiary alicyclic amines) is 1. The van der Waals surface area contributed by atoms with Crippen LogP contribution < -0.4 is 0 Å². The molecule has 3 rings (SSSR count). The fourth-order valence-corrected chi connectivity index (χ4v) is 3.46. The van der Waals surface area contributed by atoms with Gasteiger partial charge in [0.15, 0.2) is 5.58 Å². The van der Waals surface area contributed by atoms with Crippen LogP contribution in [0.15, 0.2) is 22.7 Å². The zero-order valence-corrected chi connectivity index (χ0v) is 13.5. The highest BCUT2D eigenvalue weighted by Gasteiger charge is 2.24. The Morgan fingerprint density at radius 2 is 1.96 bits per heavy atom.